The van der Waals surface area contributed by atoms with Gasteiger partial charge < -0.3 is 20.6 Å². The summed E-state index contributed by atoms with van der Waals surface area (Å²) in [6, 6.07) is 7.79. The third kappa shape index (κ3) is 4.87. The highest BCUT2D eigenvalue weighted by Crippen LogP contribution is 2.50. The van der Waals surface area contributed by atoms with Gasteiger partial charge in [0.1, 0.15) is 17.5 Å². The lowest BCUT2D eigenvalue weighted by Crippen LogP contribution is -2.70. The molecule has 0 spiro atoms. The largest absolute Gasteiger partial charge is 0.480 e. The average molecular weight is 448 g/mol. The van der Waals surface area contributed by atoms with E-state index in [2.05, 4.69) is 10.6 Å². The predicted octanol–water partition coefficient (Wildman–Crippen LogP) is 1.71. The van der Waals surface area contributed by atoms with Crippen molar-refractivity contribution >= 4 is 35.5 Å². The molecule has 0 bridgehead atoms. The second-order valence-corrected chi connectivity index (χ2v) is 10.3. The summed E-state index contributed by atoms with van der Waals surface area (Å²) in [7, 11) is 0. The molecule has 0 unspecified atom stereocenters. The Balaban J connectivity index is 1.66. The van der Waals surface area contributed by atoms with Gasteiger partial charge in [0, 0.05) is 18.2 Å². The molecule has 2 aliphatic heterocycles. The molecule has 3 rings (SSSR count). The zero-order valence-electron chi connectivity index (χ0n) is 18.0. The van der Waals surface area contributed by atoms with Crippen LogP contribution in [-0.4, -0.2) is 62.4 Å². The Kier molecular flexibility index (Phi) is 6.93. The Labute approximate surface area is 186 Å². The van der Waals surface area contributed by atoms with E-state index in [4.69, 9.17) is 0 Å². The number of carbonyl (C=O) groups excluding carboxylic acids is 3. The molecule has 3 N–H and O–H groups in total. The molecule has 2 fully saturated rings. The minimum atomic E-state index is -1.03. The van der Waals surface area contributed by atoms with Crippen LogP contribution in [0.2, 0.25) is 0 Å². The van der Waals surface area contributed by atoms with Crippen molar-refractivity contribution in [2.24, 2.45) is 0 Å². The molecule has 0 aliphatic carbocycles. The third-order valence-corrected chi connectivity index (χ3v) is 7.36. The van der Waals surface area contributed by atoms with Crippen molar-refractivity contribution in [3.8, 4) is 0 Å². The molecular weight excluding hydrogens is 418 g/mol. The maximum atomic E-state index is 13.2. The molecule has 2 aliphatic rings. The highest BCUT2D eigenvalue weighted by atomic mass is 32.2. The Bertz CT molecular complexity index is 860. The van der Waals surface area contributed by atoms with E-state index in [1.54, 1.807) is 0 Å². The van der Waals surface area contributed by atoms with Crippen molar-refractivity contribution in [2.75, 3.05) is 6.54 Å². The summed E-state index contributed by atoms with van der Waals surface area (Å²) in [5.74, 6) is -2.11. The third-order valence-electron chi connectivity index (χ3n) is 5.78. The summed E-state index contributed by atoms with van der Waals surface area (Å²) >= 11 is 1.41. The van der Waals surface area contributed by atoms with Crippen LogP contribution in [-0.2, 0) is 19.2 Å². The van der Waals surface area contributed by atoms with Crippen molar-refractivity contribution in [2.45, 2.75) is 68.2 Å². The summed E-state index contributed by atoms with van der Waals surface area (Å²) in [4.78, 5) is 49.9. The first-order valence-electron chi connectivity index (χ1n) is 10.5. The Morgan fingerprint density at radius 2 is 1.87 bits per heavy atom. The van der Waals surface area contributed by atoms with Crippen molar-refractivity contribution in [1.82, 2.24) is 15.5 Å². The van der Waals surface area contributed by atoms with Crippen LogP contribution >= 0.6 is 11.8 Å². The van der Waals surface area contributed by atoms with Crippen LogP contribution in [0.1, 0.15) is 51.5 Å². The number of carboxylic acid groups (broad SMARTS) is 1. The topological polar surface area (TPSA) is 116 Å². The van der Waals surface area contributed by atoms with Gasteiger partial charge in [0.05, 0.1) is 5.92 Å². The van der Waals surface area contributed by atoms with E-state index in [-0.39, 0.29) is 23.1 Å². The van der Waals surface area contributed by atoms with Crippen molar-refractivity contribution in [3.05, 3.63) is 35.9 Å². The van der Waals surface area contributed by atoms with Crippen LogP contribution in [0.15, 0.2) is 30.3 Å². The first-order valence-corrected chi connectivity index (χ1v) is 11.3. The number of nitrogens with one attached hydrogen (secondary N) is 2. The second-order valence-electron chi connectivity index (χ2n) is 8.53. The molecule has 1 aromatic carbocycles. The summed E-state index contributed by atoms with van der Waals surface area (Å²) < 4.78 is -0.631. The lowest BCUT2D eigenvalue weighted by Gasteiger charge is -2.44. The van der Waals surface area contributed by atoms with Gasteiger partial charge >= 0.3 is 5.97 Å². The van der Waals surface area contributed by atoms with Crippen molar-refractivity contribution in [3.63, 3.8) is 0 Å². The SMILES string of the molecule is CC(=O)NCCCC[C@@H](C(=O)N[C@@H]1C(=O)N2[C@@H]1SC(C)(C)[C@@H]2C(=O)O)c1ccccc1. The molecule has 8 nitrogen and oxygen atoms in total. The zero-order valence-corrected chi connectivity index (χ0v) is 18.8. The summed E-state index contributed by atoms with van der Waals surface area (Å²) in [5.41, 5.74) is 0.867. The highest BCUT2D eigenvalue weighted by Gasteiger charge is 2.64. The van der Waals surface area contributed by atoms with Gasteiger partial charge in [0.25, 0.3) is 0 Å². The van der Waals surface area contributed by atoms with Crippen LogP contribution in [0, 0.1) is 0 Å². The second kappa shape index (κ2) is 9.30. The Hall–Kier alpha value is -2.55. The number of carboxylic acids is 1. The number of hydrogen-bond donors (Lipinski definition) is 3. The highest BCUT2D eigenvalue weighted by molar-refractivity contribution is 8.01. The fraction of sp³-hybridized carbons (Fsp3) is 0.545. The van der Waals surface area contributed by atoms with Crippen LogP contribution in [0.4, 0.5) is 0 Å². The van der Waals surface area contributed by atoms with E-state index in [9.17, 15) is 24.3 Å². The van der Waals surface area contributed by atoms with Gasteiger partial charge in [-0.2, -0.15) is 0 Å². The zero-order chi connectivity index (χ0) is 22.8. The number of carbonyl (C=O) groups is 4. The Morgan fingerprint density at radius 3 is 2.48 bits per heavy atom. The number of unbranched alkanes of at least 4 members (excludes halogenated alkanes) is 1. The Morgan fingerprint density at radius 1 is 1.19 bits per heavy atom. The molecule has 4 atom stereocenters. The predicted molar refractivity (Wildman–Crippen MR) is 117 cm³/mol. The monoisotopic (exact) mass is 447 g/mol. The molecule has 3 amide bonds. The summed E-state index contributed by atoms with van der Waals surface area (Å²) in [5, 5.41) is 14.8. The summed E-state index contributed by atoms with van der Waals surface area (Å²) in [6.07, 6.45) is 2.07. The number of benzene rings is 1. The van der Waals surface area contributed by atoms with Gasteiger partial charge in [-0.3, -0.25) is 14.4 Å². The first-order chi connectivity index (χ1) is 14.6. The molecule has 2 saturated heterocycles. The number of fused-ring (bicyclic) bond motifs is 1. The smallest absolute Gasteiger partial charge is 0.327 e. The van der Waals surface area contributed by atoms with Gasteiger partial charge in [-0.05, 0) is 32.3 Å². The van der Waals surface area contributed by atoms with E-state index >= 15 is 0 Å². The van der Waals surface area contributed by atoms with Crippen molar-refractivity contribution < 1.29 is 24.3 Å². The van der Waals surface area contributed by atoms with Crippen LogP contribution in [0.25, 0.3) is 0 Å². The molecule has 168 valence electrons. The number of amides is 3. The molecule has 31 heavy (non-hydrogen) atoms. The minimum absolute atomic E-state index is 0.0814. The molecule has 0 radical (unpaired) electrons. The average Bonchev–Trinajstić information content (AvgIpc) is 2.97. The molecule has 1 aromatic rings. The van der Waals surface area contributed by atoms with Gasteiger partial charge in [-0.1, -0.05) is 36.8 Å². The van der Waals surface area contributed by atoms with Gasteiger partial charge in [0.15, 0.2) is 0 Å². The fourth-order valence-electron chi connectivity index (χ4n) is 4.27. The van der Waals surface area contributed by atoms with Gasteiger partial charge in [0.2, 0.25) is 17.7 Å². The quantitative estimate of drug-likeness (QED) is 0.392. The molecule has 9 heteroatoms. The maximum absolute atomic E-state index is 13.2. The number of aliphatic carboxylic acids is 1. The standard InChI is InChI=1S/C22H29N3O5S/c1-13(26)23-12-8-7-11-15(14-9-5-4-6-10-14)18(27)24-16-19(28)25-17(21(29)30)22(2,3)31-20(16)25/h4-6,9-10,15-17,20H,7-8,11-12H2,1-3H3,(H,23,26)(H,24,27)(H,29,30)/t15-,16-,17+,20-/m1/s1. The molecule has 0 aromatic heterocycles. The van der Waals surface area contributed by atoms with Crippen LogP contribution in [0.5, 0.6) is 0 Å². The first kappa shape index (κ1) is 23.1. The van der Waals surface area contributed by atoms with Crippen LogP contribution < -0.4 is 10.6 Å². The lowest BCUT2D eigenvalue weighted by atomic mass is 9.91. The van der Waals surface area contributed by atoms with E-state index in [1.165, 1.54) is 23.6 Å². The van der Waals surface area contributed by atoms with Gasteiger partial charge in [-0.25, -0.2) is 4.79 Å². The number of nitrogens with zero attached hydrogens (tertiary/aromatic N) is 1. The maximum Gasteiger partial charge on any atom is 0.327 e. The van der Waals surface area contributed by atoms with E-state index in [0.29, 0.717) is 13.0 Å². The number of rotatable bonds is 9. The normalized spacial score (nSPS) is 24.7. The summed E-state index contributed by atoms with van der Waals surface area (Å²) in [6.45, 7) is 5.64. The molecular formula is C22H29N3O5S. The van der Waals surface area contributed by atoms with E-state index in [0.717, 1.165) is 18.4 Å². The molecule has 0 saturated carbocycles. The minimum Gasteiger partial charge on any atom is -0.480 e. The van der Waals surface area contributed by atoms with Crippen LogP contribution in [0.3, 0.4) is 0 Å². The fourth-order valence-corrected chi connectivity index (χ4v) is 5.90. The molecule has 2 heterocycles. The van der Waals surface area contributed by atoms with Crippen molar-refractivity contribution in [1.29, 1.82) is 0 Å². The number of β-lactam (4-membered cyclic amide) rings is 1. The van der Waals surface area contributed by atoms with E-state index < -0.39 is 28.7 Å². The number of thioether (sulfide) groups is 1. The lowest BCUT2D eigenvalue weighted by molar-refractivity contribution is -0.161. The van der Waals surface area contributed by atoms with E-state index in [1.807, 2.05) is 44.2 Å². The van der Waals surface area contributed by atoms with Gasteiger partial charge in [-0.15, -0.1) is 11.8 Å². The number of hydrogen-bond acceptors (Lipinski definition) is 5.